The van der Waals surface area contributed by atoms with E-state index in [0.717, 1.165) is 18.0 Å². The Labute approximate surface area is 105 Å². The number of rotatable bonds is 5. The van der Waals surface area contributed by atoms with Crippen LogP contribution in [0.15, 0.2) is 23.7 Å². The van der Waals surface area contributed by atoms with E-state index in [-0.39, 0.29) is 6.04 Å². The molecule has 0 saturated carbocycles. The second-order valence-electron chi connectivity index (χ2n) is 3.79. The molecule has 0 aliphatic rings. The fourth-order valence-electron chi connectivity index (χ4n) is 1.73. The number of nitrogens with one attached hydrogen (secondary N) is 1. The van der Waals surface area contributed by atoms with E-state index in [0.29, 0.717) is 0 Å². The summed E-state index contributed by atoms with van der Waals surface area (Å²) < 4.78 is 7.05. The van der Waals surface area contributed by atoms with E-state index in [1.807, 2.05) is 29.4 Å². The van der Waals surface area contributed by atoms with Crippen molar-refractivity contribution in [2.45, 2.75) is 13.0 Å². The van der Waals surface area contributed by atoms with Gasteiger partial charge in [-0.25, -0.2) is 0 Å². The van der Waals surface area contributed by atoms with E-state index in [2.05, 4.69) is 23.4 Å². The zero-order valence-electron chi connectivity index (χ0n) is 10.3. The number of hydrogen-bond acceptors (Lipinski definition) is 4. The average molecular weight is 251 g/mol. The summed E-state index contributed by atoms with van der Waals surface area (Å²) in [5.41, 5.74) is 1.04. The Hall–Kier alpha value is -1.33. The SMILES string of the molecule is CCNC(c1ccn(C)n1)c1cc(OC)cs1. The highest BCUT2D eigenvalue weighted by atomic mass is 32.1. The normalized spacial score (nSPS) is 12.6. The summed E-state index contributed by atoms with van der Waals surface area (Å²) in [6.45, 7) is 3.00. The molecule has 1 unspecified atom stereocenters. The van der Waals surface area contributed by atoms with Crippen molar-refractivity contribution in [2.24, 2.45) is 7.05 Å². The molecule has 0 bridgehead atoms. The van der Waals surface area contributed by atoms with Crippen LogP contribution in [0.4, 0.5) is 0 Å². The van der Waals surface area contributed by atoms with Crippen LogP contribution in [-0.2, 0) is 7.05 Å². The highest BCUT2D eigenvalue weighted by Gasteiger charge is 2.17. The average Bonchev–Trinajstić information content (AvgIpc) is 2.94. The molecule has 0 fully saturated rings. The van der Waals surface area contributed by atoms with Crippen molar-refractivity contribution < 1.29 is 4.74 Å². The summed E-state index contributed by atoms with van der Waals surface area (Å²) in [5, 5.41) is 9.92. The van der Waals surface area contributed by atoms with Gasteiger partial charge >= 0.3 is 0 Å². The second kappa shape index (κ2) is 5.33. The second-order valence-corrected chi connectivity index (χ2v) is 4.74. The van der Waals surface area contributed by atoms with Gasteiger partial charge in [0, 0.05) is 23.5 Å². The van der Waals surface area contributed by atoms with Gasteiger partial charge in [-0.15, -0.1) is 11.3 Å². The number of nitrogens with zero attached hydrogens (tertiary/aromatic N) is 2. The first kappa shape index (κ1) is 12.1. The Kier molecular flexibility index (Phi) is 3.81. The zero-order valence-corrected chi connectivity index (χ0v) is 11.1. The molecule has 0 aliphatic carbocycles. The molecule has 17 heavy (non-hydrogen) atoms. The van der Waals surface area contributed by atoms with Gasteiger partial charge in [0.2, 0.25) is 0 Å². The van der Waals surface area contributed by atoms with Crippen LogP contribution < -0.4 is 10.1 Å². The fraction of sp³-hybridized carbons (Fsp3) is 0.417. The molecule has 92 valence electrons. The molecule has 0 radical (unpaired) electrons. The van der Waals surface area contributed by atoms with Gasteiger partial charge in [-0.3, -0.25) is 4.68 Å². The van der Waals surface area contributed by atoms with E-state index in [9.17, 15) is 0 Å². The van der Waals surface area contributed by atoms with Gasteiger partial charge in [-0.1, -0.05) is 6.92 Å². The van der Waals surface area contributed by atoms with Gasteiger partial charge in [0.15, 0.2) is 0 Å². The molecule has 0 aromatic carbocycles. The summed E-state index contributed by atoms with van der Waals surface area (Å²) in [6, 6.07) is 4.25. The first-order chi connectivity index (χ1) is 8.24. The molecular formula is C12H17N3OS. The number of aryl methyl sites for hydroxylation is 1. The number of thiophene rings is 1. The molecule has 0 saturated heterocycles. The molecular weight excluding hydrogens is 234 g/mol. The summed E-state index contributed by atoms with van der Waals surface area (Å²) in [5.74, 6) is 0.906. The Morgan fingerprint density at radius 2 is 2.41 bits per heavy atom. The van der Waals surface area contributed by atoms with Crippen LogP contribution in [-0.4, -0.2) is 23.4 Å². The number of hydrogen-bond donors (Lipinski definition) is 1. The van der Waals surface area contributed by atoms with E-state index in [1.165, 1.54) is 4.88 Å². The largest absolute Gasteiger partial charge is 0.496 e. The van der Waals surface area contributed by atoms with E-state index in [4.69, 9.17) is 4.74 Å². The number of methoxy groups -OCH3 is 1. The highest BCUT2D eigenvalue weighted by molar-refractivity contribution is 7.10. The summed E-state index contributed by atoms with van der Waals surface area (Å²) >= 11 is 1.69. The number of ether oxygens (including phenoxy) is 1. The van der Waals surface area contributed by atoms with Gasteiger partial charge in [-0.2, -0.15) is 5.10 Å². The lowest BCUT2D eigenvalue weighted by Crippen LogP contribution is -2.21. The van der Waals surface area contributed by atoms with Crippen LogP contribution in [0.25, 0.3) is 0 Å². The van der Waals surface area contributed by atoms with E-state index < -0.39 is 0 Å². The van der Waals surface area contributed by atoms with Crippen molar-refractivity contribution in [1.82, 2.24) is 15.1 Å². The molecule has 2 heterocycles. The van der Waals surface area contributed by atoms with Crippen molar-refractivity contribution in [3.63, 3.8) is 0 Å². The molecule has 2 rings (SSSR count). The highest BCUT2D eigenvalue weighted by Crippen LogP contribution is 2.30. The lowest BCUT2D eigenvalue weighted by Gasteiger charge is -2.13. The molecule has 1 atom stereocenters. The van der Waals surface area contributed by atoms with Crippen molar-refractivity contribution in [1.29, 1.82) is 0 Å². The van der Waals surface area contributed by atoms with Crippen LogP contribution in [0.1, 0.15) is 23.5 Å². The standard InChI is InChI=1S/C12H17N3OS/c1-4-13-12(10-5-6-15(2)14-10)11-7-9(16-3)8-17-11/h5-8,12-13H,4H2,1-3H3. The zero-order chi connectivity index (χ0) is 12.3. The molecule has 1 N–H and O–H groups in total. The predicted molar refractivity (Wildman–Crippen MR) is 69.6 cm³/mol. The van der Waals surface area contributed by atoms with Crippen molar-refractivity contribution in [3.05, 3.63) is 34.3 Å². The van der Waals surface area contributed by atoms with Gasteiger partial charge in [0.25, 0.3) is 0 Å². The van der Waals surface area contributed by atoms with Crippen LogP contribution in [0.2, 0.25) is 0 Å². The maximum atomic E-state index is 5.22. The predicted octanol–water partition coefficient (Wildman–Crippen LogP) is 2.19. The molecule has 0 aliphatic heterocycles. The lowest BCUT2D eigenvalue weighted by molar-refractivity contribution is 0.416. The Morgan fingerprint density at radius 3 is 2.94 bits per heavy atom. The third-order valence-corrected chi connectivity index (χ3v) is 3.53. The minimum Gasteiger partial charge on any atom is -0.496 e. The third-order valence-electron chi connectivity index (χ3n) is 2.55. The van der Waals surface area contributed by atoms with Gasteiger partial charge in [-0.05, 0) is 18.7 Å². The maximum absolute atomic E-state index is 5.22. The fourth-order valence-corrected chi connectivity index (χ4v) is 2.68. The quantitative estimate of drug-likeness (QED) is 0.885. The molecule has 0 spiro atoms. The first-order valence-corrected chi connectivity index (χ1v) is 6.48. The van der Waals surface area contributed by atoms with E-state index in [1.54, 1.807) is 18.4 Å². The molecule has 5 heteroatoms. The summed E-state index contributed by atoms with van der Waals surface area (Å²) in [4.78, 5) is 1.22. The van der Waals surface area contributed by atoms with Crippen molar-refractivity contribution in [3.8, 4) is 5.75 Å². The first-order valence-electron chi connectivity index (χ1n) is 5.60. The number of aromatic nitrogens is 2. The lowest BCUT2D eigenvalue weighted by atomic mass is 10.1. The molecule has 2 aromatic rings. The molecule has 2 aromatic heterocycles. The van der Waals surface area contributed by atoms with Crippen molar-refractivity contribution in [2.75, 3.05) is 13.7 Å². The van der Waals surface area contributed by atoms with Gasteiger partial charge in [0.05, 0.1) is 18.8 Å². The summed E-state index contributed by atoms with van der Waals surface area (Å²) in [6.07, 6.45) is 1.96. The maximum Gasteiger partial charge on any atom is 0.129 e. The van der Waals surface area contributed by atoms with Crippen LogP contribution >= 0.6 is 11.3 Å². The van der Waals surface area contributed by atoms with E-state index >= 15 is 0 Å². The summed E-state index contributed by atoms with van der Waals surface area (Å²) in [7, 11) is 3.62. The Balaban J connectivity index is 2.28. The minimum absolute atomic E-state index is 0.148. The van der Waals surface area contributed by atoms with Gasteiger partial charge in [0.1, 0.15) is 5.75 Å². The van der Waals surface area contributed by atoms with Crippen LogP contribution in [0.3, 0.4) is 0 Å². The Bertz CT molecular complexity index is 478. The van der Waals surface area contributed by atoms with Crippen molar-refractivity contribution >= 4 is 11.3 Å². The smallest absolute Gasteiger partial charge is 0.129 e. The topological polar surface area (TPSA) is 39.1 Å². The molecule has 0 amide bonds. The van der Waals surface area contributed by atoms with Gasteiger partial charge < -0.3 is 10.1 Å². The van der Waals surface area contributed by atoms with Crippen LogP contribution in [0.5, 0.6) is 5.75 Å². The third kappa shape index (κ3) is 2.68. The minimum atomic E-state index is 0.148. The Morgan fingerprint density at radius 1 is 1.59 bits per heavy atom. The monoisotopic (exact) mass is 251 g/mol. The van der Waals surface area contributed by atoms with Crippen LogP contribution in [0, 0.1) is 0 Å². The molecule has 4 nitrogen and oxygen atoms in total.